The van der Waals surface area contributed by atoms with Crippen LogP contribution in [0, 0.1) is 111 Å². The lowest BCUT2D eigenvalue weighted by Crippen LogP contribution is -1.82. The summed E-state index contributed by atoms with van der Waals surface area (Å²) >= 11 is 0. The monoisotopic (exact) mass is 1340 g/mol. The van der Waals surface area contributed by atoms with E-state index in [9.17, 15) is 0 Å². The summed E-state index contributed by atoms with van der Waals surface area (Å²) in [5.74, 6) is 0. The fourth-order valence-corrected chi connectivity index (χ4v) is 10.1. The summed E-state index contributed by atoms with van der Waals surface area (Å²) in [6.45, 7) is 66.2. The zero-order chi connectivity index (χ0) is 76.7. The van der Waals surface area contributed by atoms with Crippen LogP contribution < -0.4 is 0 Å². The van der Waals surface area contributed by atoms with Crippen molar-refractivity contribution in [2.24, 2.45) is 0 Å². The van der Waals surface area contributed by atoms with Gasteiger partial charge >= 0.3 is 0 Å². The third kappa shape index (κ3) is 34.8. The first-order chi connectivity index (χ1) is 48.3. The Morgan fingerprint density at radius 1 is 0.130 bits per heavy atom. The average Bonchev–Trinajstić information content (AvgIpc) is 0.857. The minimum atomic E-state index is 1.33. The number of aryl methyl sites for hydroxylation is 16. The summed E-state index contributed by atoms with van der Waals surface area (Å²) in [6, 6.07) is 89.8. The van der Waals surface area contributed by atoms with E-state index >= 15 is 0 Å². The lowest BCUT2D eigenvalue weighted by atomic mass is 10.0. The number of rotatable bonds is 0. The largest absolute Gasteiger partial charge is 0.0683 e. The maximum Gasteiger partial charge on any atom is -0.0152 e. The maximum absolute atomic E-state index is 2.22. The van der Waals surface area contributed by atoms with Crippen LogP contribution >= 0.6 is 0 Å². The molecule has 0 aliphatic rings. The van der Waals surface area contributed by atoms with Crippen molar-refractivity contribution in [3.63, 3.8) is 0 Å². The van der Waals surface area contributed by atoms with Crippen LogP contribution in [0.5, 0.6) is 0 Å². The molecular weight excluding hydrogens is 1200 g/mol. The van der Waals surface area contributed by atoms with Gasteiger partial charge in [0.05, 0.1) is 0 Å². The molecule has 0 fully saturated rings. The third-order valence-corrected chi connectivity index (χ3v) is 15.7. The fourth-order valence-electron chi connectivity index (χ4n) is 10.1. The molecule has 0 unspecified atom stereocenters. The molecular formula is C100H138. The number of hydrogen-bond donors (Lipinski definition) is 0. The molecule has 0 saturated heterocycles. The topological polar surface area (TPSA) is 0 Å². The summed E-state index contributed by atoms with van der Waals surface area (Å²) in [5, 5.41) is 13.6. The van der Waals surface area contributed by atoms with E-state index in [1.54, 1.807) is 0 Å². The molecule has 0 spiro atoms. The number of benzene rings is 13. The predicted molar refractivity (Wildman–Crippen MR) is 466 cm³/mol. The summed E-state index contributed by atoms with van der Waals surface area (Å²) < 4.78 is 0. The first-order valence-electron chi connectivity index (χ1n) is 37.7. The second-order valence-corrected chi connectivity index (χ2v) is 22.6. The standard InChI is InChI=1S/5C12H12.3C8H10.8C2H6/c1-9-7-10(2)12-6-4-3-5-11(12)8-9;2*1-9-7-8-11-5-3-4-6-12(11)10(9)2;2*1-9-7-8-10(2)12-6-4-3-5-11(9)12;1-7-3-5-8(2)6-4-7;1-7-4-3-5-8(2)6-7;1-7-5-3-4-6-8(7)2;8*1-2/h5*3-8H,1-2H3;3*3-6H,1-2H3;8*1-2H3. The highest BCUT2D eigenvalue weighted by atomic mass is 14.1. The zero-order valence-corrected chi connectivity index (χ0v) is 69.2. The third-order valence-electron chi connectivity index (χ3n) is 15.7. The van der Waals surface area contributed by atoms with Gasteiger partial charge in [0, 0.05) is 0 Å². The Labute approximate surface area is 615 Å². The summed E-state index contributed by atoms with van der Waals surface area (Å²) in [5.41, 5.74) is 21.7. The summed E-state index contributed by atoms with van der Waals surface area (Å²) in [6.07, 6.45) is 0. The number of hydrogen-bond acceptors (Lipinski definition) is 0. The summed E-state index contributed by atoms with van der Waals surface area (Å²) in [4.78, 5) is 0. The average molecular weight is 1340 g/mol. The quantitative estimate of drug-likeness (QED) is 0.142. The van der Waals surface area contributed by atoms with E-state index < -0.39 is 0 Å². The minimum Gasteiger partial charge on any atom is -0.0683 e. The van der Waals surface area contributed by atoms with Crippen LogP contribution in [0.4, 0.5) is 0 Å². The molecule has 0 aliphatic carbocycles. The highest BCUT2D eigenvalue weighted by Gasteiger charge is 2.02. The van der Waals surface area contributed by atoms with E-state index in [4.69, 9.17) is 0 Å². The Hall–Kier alpha value is -8.84. The normalized spacial score (nSPS) is 9.00. The van der Waals surface area contributed by atoms with Gasteiger partial charge < -0.3 is 0 Å². The molecule has 538 valence electrons. The van der Waals surface area contributed by atoms with Crippen LogP contribution in [0.2, 0.25) is 0 Å². The van der Waals surface area contributed by atoms with Gasteiger partial charge in [-0.2, -0.15) is 0 Å². The van der Waals surface area contributed by atoms with Gasteiger partial charge in [-0.1, -0.05) is 393 Å². The van der Waals surface area contributed by atoms with Crippen molar-refractivity contribution in [2.75, 3.05) is 0 Å². The molecule has 0 radical (unpaired) electrons. The van der Waals surface area contributed by atoms with Gasteiger partial charge in [0.25, 0.3) is 0 Å². The molecule has 0 bridgehead atoms. The smallest absolute Gasteiger partial charge is 0.0152 e. The first kappa shape index (κ1) is 95.3. The molecule has 100 heavy (non-hydrogen) atoms. The van der Waals surface area contributed by atoms with Crippen molar-refractivity contribution < 1.29 is 0 Å². The van der Waals surface area contributed by atoms with Crippen LogP contribution in [0.1, 0.15) is 200 Å². The molecule has 0 nitrogen and oxygen atoms in total. The molecule has 13 aromatic carbocycles. The molecule has 0 N–H and O–H groups in total. The predicted octanol–water partition coefficient (Wildman–Crippen LogP) is 32.4. The Balaban J connectivity index is -0.00000105. The van der Waals surface area contributed by atoms with Crippen LogP contribution in [-0.2, 0) is 0 Å². The molecule has 13 rings (SSSR count). The second kappa shape index (κ2) is 58.0. The zero-order valence-electron chi connectivity index (χ0n) is 69.2. The molecule has 0 atom stereocenters. The molecule has 0 aromatic heterocycles. The van der Waals surface area contributed by atoms with E-state index in [2.05, 4.69) is 366 Å². The van der Waals surface area contributed by atoms with E-state index in [0.717, 1.165) is 0 Å². The highest BCUT2D eigenvalue weighted by molar-refractivity contribution is 5.90. The van der Waals surface area contributed by atoms with Crippen molar-refractivity contribution in [2.45, 2.75) is 222 Å². The fraction of sp³-hybridized carbons (Fsp3) is 0.320. The molecule has 0 heteroatoms. The van der Waals surface area contributed by atoms with Gasteiger partial charge in [-0.05, 0) is 226 Å². The lowest BCUT2D eigenvalue weighted by Gasteiger charge is -2.04. The lowest BCUT2D eigenvalue weighted by molar-refractivity contribution is 1.34. The van der Waals surface area contributed by atoms with Crippen molar-refractivity contribution in [1.82, 2.24) is 0 Å². The Morgan fingerprint density at radius 2 is 0.380 bits per heavy atom. The molecule has 0 heterocycles. The van der Waals surface area contributed by atoms with Gasteiger partial charge in [-0.25, -0.2) is 0 Å². The number of fused-ring (bicyclic) bond motifs is 5. The van der Waals surface area contributed by atoms with Crippen LogP contribution in [0.3, 0.4) is 0 Å². The van der Waals surface area contributed by atoms with Gasteiger partial charge in [0.2, 0.25) is 0 Å². The van der Waals surface area contributed by atoms with Crippen molar-refractivity contribution in [3.05, 3.63) is 344 Å². The molecule has 0 saturated carbocycles. The van der Waals surface area contributed by atoms with Crippen LogP contribution in [0.15, 0.2) is 255 Å². The summed E-state index contributed by atoms with van der Waals surface area (Å²) in [7, 11) is 0. The minimum absolute atomic E-state index is 1.33. The van der Waals surface area contributed by atoms with E-state index in [1.165, 1.54) is 143 Å². The van der Waals surface area contributed by atoms with Crippen LogP contribution in [0.25, 0.3) is 53.9 Å². The van der Waals surface area contributed by atoms with Crippen molar-refractivity contribution in [3.8, 4) is 0 Å². The van der Waals surface area contributed by atoms with Gasteiger partial charge in [-0.15, -0.1) is 0 Å². The van der Waals surface area contributed by atoms with Crippen molar-refractivity contribution in [1.29, 1.82) is 0 Å². The van der Waals surface area contributed by atoms with E-state index in [-0.39, 0.29) is 0 Å². The molecule has 0 amide bonds. The van der Waals surface area contributed by atoms with E-state index in [0.29, 0.717) is 0 Å². The van der Waals surface area contributed by atoms with Gasteiger partial charge in [0.15, 0.2) is 0 Å². The highest BCUT2D eigenvalue weighted by Crippen LogP contribution is 2.25. The Kier molecular flexibility index (Phi) is 55.3. The van der Waals surface area contributed by atoms with E-state index in [1.807, 2.05) is 111 Å². The van der Waals surface area contributed by atoms with Crippen molar-refractivity contribution >= 4 is 53.9 Å². The maximum atomic E-state index is 2.22. The Bertz CT molecular complexity index is 3860. The molecule has 0 aliphatic heterocycles. The van der Waals surface area contributed by atoms with Gasteiger partial charge in [-0.3, -0.25) is 0 Å². The molecule has 13 aromatic rings. The van der Waals surface area contributed by atoms with Crippen LogP contribution in [-0.4, -0.2) is 0 Å². The van der Waals surface area contributed by atoms with Gasteiger partial charge in [0.1, 0.15) is 0 Å². The Morgan fingerprint density at radius 3 is 0.660 bits per heavy atom. The SMILES string of the molecule is CC.CC.CC.CC.CC.CC.CC.CC.Cc1cc(C)c2ccccc2c1.Cc1ccc(C)c2ccccc12.Cc1ccc(C)c2ccccc12.Cc1ccc(C)cc1.Cc1ccc2ccccc2c1C.Cc1ccc2ccccc2c1C.Cc1cccc(C)c1.Cc1ccccc1C. The first-order valence-corrected chi connectivity index (χ1v) is 37.7. The second-order valence-electron chi connectivity index (χ2n) is 22.6.